The monoisotopic (exact) mass is 517 g/mol. The number of allylic oxidation sites excluding steroid dienone is 1. The van der Waals surface area contributed by atoms with Gasteiger partial charge in [0.2, 0.25) is 5.91 Å². The lowest BCUT2D eigenvalue weighted by Crippen LogP contribution is -2.59. The van der Waals surface area contributed by atoms with Crippen molar-refractivity contribution in [2.75, 3.05) is 26.2 Å². The van der Waals surface area contributed by atoms with Gasteiger partial charge in [0.25, 0.3) is 5.91 Å². The van der Waals surface area contributed by atoms with Crippen molar-refractivity contribution in [3.63, 3.8) is 0 Å². The van der Waals surface area contributed by atoms with E-state index < -0.39 is 23.4 Å². The van der Waals surface area contributed by atoms with Crippen LogP contribution in [0.15, 0.2) is 47.6 Å². The first kappa shape index (κ1) is 26.5. The number of alkyl halides is 3. The lowest BCUT2D eigenvalue weighted by Gasteiger charge is -2.46. The highest BCUT2D eigenvalue weighted by Gasteiger charge is 2.64. The third-order valence-electron chi connectivity index (χ3n) is 7.37. The molecule has 1 aliphatic heterocycles. The van der Waals surface area contributed by atoms with Gasteiger partial charge in [-0.05, 0) is 50.2 Å². The van der Waals surface area contributed by atoms with Gasteiger partial charge in [-0.1, -0.05) is 24.6 Å². The molecule has 1 aromatic carbocycles. The molecular formula is C26H30F3N5O3. The molecule has 4 rings (SSSR count). The highest BCUT2D eigenvalue weighted by Crippen LogP contribution is 2.54. The Kier molecular flexibility index (Phi) is 7.44. The molecule has 2 fully saturated rings. The van der Waals surface area contributed by atoms with E-state index in [1.54, 1.807) is 29.7 Å². The number of nitrogens with one attached hydrogen (secondary N) is 1. The predicted molar refractivity (Wildman–Crippen MR) is 133 cm³/mol. The van der Waals surface area contributed by atoms with E-state index >= 15 is 0 Å². The molecule has 8 nitrogen and oxygen atoms in total. The van der Waals surface area contributed by atoms with Crippen LogP contribution in [-0.2, 0) is 11.3 Å². The maximum absolute atomic E-state index is 13.6. The number of amides is 2. The zero-order valence-electron chi connectivity index (χ0n) is 20.6. The molecule has 198 valence electrons. The Morgan fingerprint density at radius 1 is 1.11 bits per heavy atom. The number of piperazine rings is 1. The van der Waals surface area contributed by atoms with Gasteiger partial charge in [0.1, 0.15) is 11.2 Å². The molecular weight excluding hydrogens is 487 g/mol. The number of hydrogen-bond acceptors (Lipinski definition) is 5. The molecule has 0 bridgehead atoms. The van der Waals surface area contributed by atoms with Gasteiger partial charge in [-0.15, -0.1) is 0 Å². The van der Waals surface area contributed by atoms with E-state index in [9.17, 15) is 22.8 Å². The number of hydrogen-bond donors (Lipinski definition) is 2. The van der Waals surface area contributed by atoms with Crippen LogP contribution >= 0.6 is 0 Å². The summed E-state index contributed by atoms with van der Waals surface area (Å²) in [6.45, 7) is 7.34. The molecule has 2 aliphatic rings. The molecule has 0 radical (unpaired) electrons. The standard InChI is InChI=1S/C26H30F3N5O3/c1-3-21(32-13-15-33(16-14-32)24(36)25(10-4-11-25)26(27,28)29)20-9-12-34(22(20)30-2)17-18-5-7-19(8-6-18)23(35)31-37/h3,5-9,12,37H,2,4,10-11,13-17H2,1H3,(H,31,35)/b21-3+. The fourth-order valence-corrected chi connectivity index (χ4v) is 5.10. The number of carbonyl (C=O) groups excluding carboxylic acids is 2. The van der Waals surface area contributed by atoms with Crippen molar-refractivity contribution in [2.45, 2.75) is 38.9 Å². The molecule has 1 saturated carbocycles. The van der Waals surface area contributed by atoms with Gasteiger partial charge in [0.15, 0.2) is 0 Å². The Hall–Kier alpha value is -3.60. The number of aliphatic imine (C=N–C) groups is 1. The van der Waals surface area contributed by atoms with E-state index in [1.807, 2.05) is 29.8 Å². The molecule has 0 unspecified atom stereocenters. The summed E-state index contributed by atoms with van der Waals surface area (Å²) in [5.74, 6) is -0.756. The van der Waals surface area contributed by atoms with E-state index in [-0.39, 0.29) is 25.9 Å². The van der Waals surface area contributed by atoms with Crippen molar-refractivity contribution in [3.8, 4) is 0 Å². The topological polar surface area (TPSA) is 90.2 Å². The van der Waals surface area contributed by atoms with Gasteiger partial charge in [0, 0.05) is 55.7 Å². The average Bonchev–Trinajstić information content (AvgIpc) is 3.25. The summed E-state index contributed by atoms with van der Waals surface area (Å²) in [6.07, 6.45) is -0.556. The second-order valence-electron chi connectivity index (χ2n) is 9.36. The molecule has 1 aromatic heterocycles. The first-order chi connectivity index (χ1) is 17.6. The highest BCUT2D eigenvalue weighted by atomic mass is 19.4. The van der Waals surface area contributed by atoms with Crippen LogP contribution in [0.1, 0.15) is 47.7 Å². The lowest BCUT2D eigenvalue weighted by molar-refractivity contribution is -0.248. The summed E-state index contributed by atoms with van der Waals surface area (Å²) in [5, 5.41) is 8.77. The number of benzene rings is 1. The van der Waals surface area contributed by atoms with Crippen molar-refractivity contribution in [1.82, 2.24) is 19.8 Å². The Labute approximate surface area is 213 Å². The Morgan fingerprint density at radius 3 is 2.22 bits per heavy atom. The van der Waals surface area contributed by atoms with Crippen molar-refractivity contribution >= 4 is 30.0 Å². The van der Waals surface area contributed by atoms with Crippen LogP contribution in [0, 0.1) is 5.41 Å². The van der Waals surface area contributed by atoms with E-state index in [4.69, 9.17) is 5.21 Å². The summed E-state index contributed by atoms with van der Waals surface area (Å²) < 4.78 is 42.8. The van der Waals surface area contributed by atoms with Crippen LogP contribution < -0.4 is 5.48 Å². The quantitative estimate of drug-likeness (QED) is 0.327. The zero-order chi connectivity index (χ0) is 26.8. The van der Waals surface area contributed by atoms with E-state index in [1.165, 1.54) is 4.90 Å². The van der Waals surface area contributed by atoms with Gasteiger partial charge in [-0.2, -0.15) is 13.2 Å². The van der Waals surface area contributed by atoms with Gasteiger partial charge in [-0.3, -0.25) is 14.8 Å². The maximum atomic E-state index is 13.6. The second kappa shape index (κ2) is 10.4. The number of aromatic nitrogens is 1. The fourth-order valence-electron chi connectivity index (χ4n) is 5.10. The number of rotatable bonds is 7. The van der Waals surface area contributed by atoms with E-state index in [0.717, 1.165) is 16.8 Å². The van der Waals surface area contributed by atoms with Crippen molar-refractivity contribution in [1.29, 1.82) is 0 Å². The third-order valence-corrected chi connectivity index (χ3v) is 7.37. The second-order valence-corrected chi connectivity index (χ2v) is 9.36. The van der Waals surface area contributed by atoms with Crippen LogP contribution in [0.25, 0.3) is 5.70 Å². The highest BCUT2D eigenvalue weighted by molar-refractivity contribution is 5.93. The van der Waals surface area contributed by atoms with E-state index in [2.05, 4.69) is 16.6 Å². The van der Waals surface area contributed by atoms with E-state index in [0.29, 0.717) is 37.4 Å². The molecule has 2 amide bonds. The van der Waals surface area contributed by atoms with Crippen molar-refractivity contribution in [3.05, 3.63) is 59.3 Å². The minimum Gasteiger partial charge on any atom is -0.368 e. The summed E-state index contributed by atoms with van der Waals surface area (Å²) >= 11 is 0. The average molecular weight is 518 g/mol. The summed E-state index contributed by atoms with van der Waals surface area (Å²) in [4.78, 5) is 32.0. The Bertz CT molecular complexity index is 1190. The predicted octanol–water partition coefficient (Wildman–Crippen LogP) is 4.23. The van der Waals surface area contributed by atoms with Gasteiger partial charge in [0.05, 0.1) is 0 Å². The molecule has 11 heteroatoms. The summed E-state index contributed by atoms with van der Waals surface area (Å²) in [5.41, 5.74) is 2.33. The first-order valence-corrected chi connectivity index (χ1v) is 12.1. The molecule has 2 N–H and O–H groups in total. The molecule has 37 heavy (non-hydrogen) atoms. The van der Waals surface area contributed by atoms with Crippen LogP contribution in [0.3, 0.4) is 0 Å². The normalized spacial score (nSPS) is 17.8. The van der Waals surface area contributed by atoms with Crippen LogP contribution in [-0.4, -0.2) is 70.5 Å². The first-order valence-electron chi connectivity index (χ1n) is 12.1. The Morgan fingerprint density at radius 2 is 1.73 bits per heavy atom. The smallest absolute Gasteiger partial charge is 0.368 e. The molecule has 2 heterocycles. The van der Waals surface area contributed by atoms with Gasteiger partial charge < -0.3 is 14.4 Å². The van der Waals surface area contributed by atoms with Crippen LogP contribution in [0.5, 0.6) is 0 Å². The van der Waals surface area contributed by atoms with Gasteiger partial charge >= 0.3 is 6.18 Å². The minimum atomic E-state index is -4.52. The number of nitrogens with zero attached hydrogens (tertiary/aromatic N) is 4. The third kappa shape index (κ3) is 4.87. The van der Waals surface area contributed by atoms with Crippen molar-refractivity contribution < 1.29 is 28.0 Å². The summed E-state index contributed by atoms with van der Waals surface area (Å²) in [7, 11) is 0. The van der Waals surface area contributed by atoms with Crippen LogP contribution in [0.4, 0.5) is 19.0 Å². The molecule has 0 spiro atoms. The number of hydroxylamine groups is 1. The zero-order valence-corrected chi connectivity index (χ0v) is 20.6. The molecule has 0 atom stereocenters. The lowest BCUT2D eigenvalue weighted by atomic mass is 9.67. The fraction of sp³-hybridized carbons (Fsp3) is 0.423. The molecule has 2 aromatic rings. The number of carbonyl (C=O) groups is 2. The molecule has 1 saturated heterocycles. The summed E-state index contributed by atoms with van der Waals surface area (Å²) in [6, 6.07) is 8.69. The van der Waals surface area contributed by atoms with Crippen molar-refractivity contribution in [2.24, 2.45) is 10.4 Å². The maximum Gasteiger partial charge on any atom is 0.403 e. The largest absolute Gasteiger partial charge is 0.403 e. The SMILES string of the molecule is C=Nc1c(/C(=C\C)N2CCN(C(=O)C3(C(F)(F)F)CCC3)CC2)ccn1Cc1ccc(C(=O)NO)cc1. The van der Waals surface area contributed by atoms with Crippen LogP contribution in [0.2, 0.25) is 0 Å². The minimum absolute atomic E-state index is 0.130. The number of halogens is 3. The Balaban J connectivity index is 1.46. The van der Waals surface area contributed by atoms with Gasteiger partial charge in [-0.25, -0.2) is 10.5 Å². The molecule has 1 aliphatic carbocycles.